The molecule has 10 heteroatoms. The molecule has 156 valence electrons. The van der Waals surface area contributed by atoms with Gasteiger partial charge in [-0.05, 0) is 44.2 Å². The van der Waals surface area contributed by atoms with E-state index in [0.29, 0.717) is 15.9 Å². The second-order valence-corrected chi connectivity index (χ2v) is 6.52. The Morgan fingerprint density at radius 3 is 2.50 bits per heavy atom. The highest BCUT2D eigenvalue weighted by Gasteiger charge is 2.22. The number of anilines is 1. The van der Waals surface area contributed by atoms with Crippen LogP contribution < -0.4 is 16.6 Å². The van der Waals surface area contributed by atoms with Crippen LogP contribution in [0.5, 0.6) is 0 Å². The summed E-state index contributed by atoms with van der Waals surface area (Å²) in [6, 6.07) is 6.42. The number of fused-ring (bicyclic) bond motifs is 1. The molecule has 0 aliphatic rings. The van der Waals surface area contributed by atoms with E-state index in [4.69, 9.17) is 4.74 Å². The molecule has 0 aliphatic heterocycles. The van der Waals surface area contributed by atoms with Gasteiger partial charge in [-0.1, -0.05) is 0 Å². The highest BCUT2D eigenvalue weighted by Crippen LogP contribution is 2.15. The number of rotatable bonds is 5. The Kier molecular flexibility index (Phi) is 5.77. The number of hydrogen-bond donors (Lipinski definition) is 1. The number of nitrogens with zero attached hydrogens (tertiary/aromatic N) is 3. The van der Waals surface area contributed by atoms with Gasteiger partial charge in [-0.3, -0.25) is 18.7 Å². The quantitative estimate of drug-likeness (QED) is 0.631. The van der Waals surface area contributed by atoms with E-state index in [1.54, 1.807) is 13.8 Å². The molecule has 30 heavy (non-hydrogen) atoms. The van der Waals surface area contributed by atoms with Crippen LogP contribution in [0.15, 0.2) is 39.9 Å². The van der Waals surface area contributed by atoms with E-state index in [1.165, 1.54) is 25.2 Å². The average molecular weight is 414 g/mol. The standard InChI is InChI=1S/C20H19FN4O5/c1-4-30-19(28)14-9-11(2)22-17-16(14)18(27)25(20(29)24(17)3)10-15(26)23-13-7-5-12(21)6-8-13/h5-9H,4,10H2,1-3H3,(H,23,26). The summed E-state index contributed by atoms with van der Waals surface area (Å²) < 4.78 is 19.8. The number of carbonyl (C=O) groups is 2. The van der Waals surface area contributed by atoms with E-state index >= 15 is 0 Å². The molecule has 0 saturated carbocycles. The van der Waals surface area contributed by atoms with Crippen LogP contribution in [0.3, 0.4) is 0 Å². The minimum atomic E-state index is -0.835. The molecule has 0 fully saturated rings. The van der Waals surface area contributed by atoms with Crippen molar-refractivity contribution in [1.29, 1.82) is 0 Å². The van der Waals surface area contributed by atoms with Gasteiger partial charge in [-0.25, -0.2) is 19.0 Å². The minimum Gasteiger partial charge on any atom is -0.462 e. The third kappa shape index (κ3) is 3.97. The predicted octanol–water partition coefficient (Wildman–Crippen LogP) is 1.36. The van der Waals surface area contributed by atoms with Gasteiger partial charge in [0.05, 0.1) is 17.6 Å². The number of carbonyl (C=O) groups excluding carboxylic acids is 2. The van der Waals surface area contributed by atoms with Crippen molar-refractivity contribution in [3.63, 3.8) is 0 Å². The SMILES string of the molecule is CCOC(=O)c1cc(C)nc2c1c(=O)n(CC(=O)Nc1ccc(F)cc1)c(=O)n2C. The summed E-state index contributed by atoms with van der Waals surface area (Å²) in [5.74, 6) is -1.87. The number of hydrogen-bond acceptors (Lipinski definition) is 6. The molecule has 0 saturated heterocycles. The van der Waals surface area contributed by atoms with Crippen LogP contribution in [0.1, 0.15) is 23.0 Å². The number of halogens is 1. The molecular formula is C20H19FN4O5. The van der Waals surface area contributed by atoms with Crippen molar-refractivity contribution in [3.8, 4) is 0 Å². The summed E-state index contributed by atoms with van der Waals surface area (Å²) >= 11 is 0. The largest absolute Gasteiger partial charge is 0.462 e. The maximum absolute atomic E-state index is 13.0. The van der Waals surface area contributed by atoms with Crippen molar-refractivity contribution >= 4 is 28.6 Å². The monoisotopic (exact) mass is 414 g/mol. The molecule has 0 aliphatic carbocycles. The molecule has 2 aromatic heterocycles. The molecule has 3 aromatic rings. The zero-order valence-corrected chi connectivity index (χ0v) is 16.6. The normalized spacial score (nSPS) is 10.8. The van der Waals surface area contributed by atoms with E-state index in [1.807, 2.05) is 0 Å². The fourth-order valence-corrected chi connectivity index (χ4v) is 2.99. The van der Waals surface area contributed by atoms with Crippen molar-refractivity contribution in [2.75, 3.05) is 11.9 Å². The van der Waals surface area contributed by atoms with Crippen molar-refractivity contribution in [2.45, 2.75) is 20.4 Å². The maximum atomic E-state index is 13.0. The average Bonchev–Trinajstić information content (AvgIpc) is 2.70. The molecule has 0 unspecified atom stereocenters. The molecular weight excluding hydrogens is 395 g/mol. The highest BCUT2D eigenvalue weighted by atomic mass is 19.1. The lowest BCUT2D eigenvalue weighted by Gasteiger charge is -2.13. The summed E-state index contributed by atoms with van der Waals surface area (Å²) in [4.78, 5) is 54.7. The fraction of sp³-hybridized carbons (Fsp3) is 0.250. The Bertz CT molecular complexity index is 1260. The Labute approximate surface area is 169 Å². The van der Waals surface area contributed by atoms with E-state index < -0.39 is 35.5 Å². The van der Waals surface area contributed by atoms with Gasteiger partial charge in [-0.15, -0.1) is 0 Å². The highest BCUT2D eigenvalue weighted by molar-refractivity contribution is 6.02. The molecule has 1 aromatic carbocycles. The smallest absolute Gasteiger partial charge is 0.339 e. The number of nitrogens with one attached hydrogen (secondary N) is 1. The Morgan fingerprint density at radius 1 is 1.20 bits per heavy atom. The second-order valence-electron chi connectivity index (χ2n) is 6.52. The van der Waals surface area contributed by atoms with E-state index in [0.717, 1.165) is 16.7 Å². The molecule has 0 bridgehead atoms. The van der Waals surface area contributed by atoms with Gasteiger partial charge in [0, 0.05) is 18.4 Å². The van der Waals surface area contributed by atoms with Crippen molar-refractivity contribution in [3.05, 3.63) is 68.2 Å². The first-order chi connectivity index (χ1) is 14.2. The number of pyridine rings is 1. The number of esters is 1. The summed E-state index contributed by atoms with van der Waals surface area (Å²) in [7, 11) is 1.39. The zero-order chi connectivity index (χ0) is 22.0. The summed E-state index contributed by atoms with van der Waals surface area (Å²) in [6.07, 6.45) is 0. The number of amides is 1. The lowest BCUT2D eigenvalue weighted by molar-refractivity contribution is -0.116. The summed E-state index contributed by atoms with van der Waals surface area (Å²) in [6.45, 7) is 2.74. The van der Waals surface area contributed by atoms with Gasteiger partial charge >= 0.3 is 11.7 Å². The Hall–Kier alpha value is -3.82. The first-order valence-corrected chi connectivity index (χ1v) is 9.06. The van der Waals surface area contributed by atoms with Gasteiger partial charge < -0.3 is 10.1 Å². The number of aryl methyl sites for hydroxylation is 2. The molecule has 1 amide bonds. The van der Waals surface area contributed by atoms with E-state index in [-0.39, 0.29) is 23.2 Å². The predicted molar refractivity (Wildman–Crippen MR) is 107 cm³/mol. The second kappa shape index (κ2) is 8.27. The summed E-state index contributed by atoms with van der Waals surface area (Å²) in [5, 5.41) is 2.37. The van der Waals surface area contributed by atoms with Crippen molar-refractivity contribution in [2.24, 2.45) is 7.05 Å². The van der Waals surface area contributed by atoms with Crippen molar-refractivity contribution in [1.82, 2.24) is 14.1 Å². The molecule has 0 radical (unpaired) electrons. The van der Waals surface area contributed by atoms with Crippen LogP contribution in [0, 0.1) is 12.7 Å². The number of ether oxygens (including phenoxy) is 1. The Balaban J connectivity index is 2.10. The minimum absolute atomic E-state index is 0.0169. The van der Waals surface area contributed by atoms with Crippen LogP contribution in [-0.4, -0.2) is 32.6 Å². The third-order valence-electron chi connectivity index (χ3n) is 4.35. The van der Waals surface area contributed by atoms with Gasteiger partial charge in [0.15, 0.2) is 0 Å². The molecule has 1 N–H and O–H groups in total. The summed E-state index contributed by atoms with van der Waals surface area (Å²) in [5.41, 5.74) is -0.896. The van der Waals surface area contributed by atoms with Crippen LogP contribution in [0.4, 0.5) is 10.1 Å². The number of benzene rings is 1. The van der Waals surface area contributed by atoms with Crippen LogP contribution in [0.2, 0.25) is 0 Å². The fourth-order valence-electron chi connectivity index (χ4n) is 2.99. The van der Waals surface area contributed by atoms with Gasteiger partial charge in [0.1, 0.15) is 18.0 Å². The molecule has 0 spiro atoms. The molecule has 9 nitrogen and oxygen atoms in total. The van der Waals surface area contributed by atoms with Gasteiger partial charge in [0.25, 0.3) is 5.56 Å². The first-order valence-electron chi connectivity index (χ1n) is 9.06. The van der Waals surface area contributed by atoms with Crippen LogP contribution in [0.25, 0.3) is 11.0 Å². The molecule has 0 atom stereocenters. The van der Waals surface area contributed by atoms with E-state index in [9.17, 15) is 23.6 Å². The maximum Gasteiger partial charge on any atom is 0.339 e. The third-order valence-corrected chi connectivity index (χ3v) is 4.35. The van der Waals surface area contributed by atoms with Crippen LogP contribution in [-0.2, 0) is 23.1 Å². The van der Waals surface area contributed by atoms with Gasteiger partial charge in [0.2, 0.25) is 5.91 Å². The van der Waals surface area contributed by atoms with E-state index in [2.05, 4.69) is 10.3 Å². The lowest BCUT2D eigenvalue weighted by atomic mass is 10.1. The van der Waals surface area contributed by atoms with Crippen molar-refractivity contribution < 1.29 is 18.7 Å². The zero-order valence-electron chi connectivity index (χ0n) is 16.6. The van der Waals surface area contributed by atoms with Gasteiger partial charge in [-0.2, -0.15) is 0 Å². The van der Waals surface area contributed by atoms with Crippen LogP contribution >= 0.6 is 0 Å². The topological polar surface area (TPSA) is 112 Å². The lowest BCUT2D eigenvalue weighted by Crippen LogP contribution is -2.42. The first kappa shape index (κ1) is 20.9. The number of aromatic nitrogens is 3. The Morgan fingerprint density at radius 2 is 1.87 bits per heavy atom. The molecule has 3 rings (SSSR count). The molecule has 2 heterocycles.